The van der Waals surface area contributed by atoms with Crippen LogP contribution in [0.25, 0.3) is 0 Å². The first-order valence-electron chi connectivity index (χ1n) is 12.6. The van der Waals surface area contributed by atoms with Crippen LogP contribution in [-0.4, -0.2) is 30.9 Å². The molecule has 0 aromatic heterocycles. The Bertz CT molecular complexity index is 815. The highest BCUT2D eigenvalue weighted by Crippen LogP contribution is 2.65. The molecule has 0 aromatic carbocycles. The lowest BCUT2D eigenvalue weighted by Gasteiger charge is -2.56. The van der Waals surface area contributed by atoms with Gasteiger partial charge in [-0.1, -0.05) is 26.3 Å². The van der Waals surface area contributed by atoms with E-state index in [9.17, 15) is 14.4 Å². The first-order valence-corrected chi connectivity index (χ1v) is 12.6. The molecule has 4 aliphatic rings. The summed E-state index contributed by atoms with van der Waals surface area (Å²) in [6.45, 7) is 8.28. The molecule has 4 aliphatic carbocycles. The first-order chi connectivity index (χ1) is 15.1. The van der Waals surface area contributed by atoms with Gasteiger partial charge in [-0.2, -0.15) is 0 Å². The zero-order valence-corrected chi connectivity index (χ0v) is 20.4. The Balaban J connectivity index is 1.56. The molecule has 5 heteroatoms. The lowest BCUT2D eigenvalue weighted by Crippen LogP contribution is -2.52. The highest BCUT2D eigenvalue weighted by molar-refractivity contribution is 5.97. The summed E-state index contributed by atoms with van der Waals surface area (Å²) in [4.78, 5) is 36.9. The number of esters is 2. The molecule has 0 aromatic rings. The van der Waals surface area contributed by atoms with Crippen LogP contribution in [0.5, 0.6) is 0 Å². The van der Waals surface area contributed by atoms with E-state index in [1.807, 2.05) is 6.08 Å². The summed E-state index contributed by atoms with van der Waals surface area (Å²) in [5.74, 6) is 1.99. The summed E-state index contributed by atoms with van der Waals surface area (Å²) in [6.07, 6.45) is 10.5. The van der Waals surface area contributed by atoms with E-state index in [2.05, 4.69) is 20.8 Å². The maximum atomic E-state index is 13.8. The van der Waals surface area contributed by atoms with Crippen molar-refractivity contribution in [1.29, 1.82) is 0 Å². The van der Waals surface area contributed by atoms with E-state index >= 15 is 0 Å². The van der Waals surface area contributed by atoms with Gasteiger partial charge in [0.25, 0.3) is 0 Å². The third-order valence-corrected chi connectivity index (χ3v) is 10.0. The summed E-state index contributed by atoms with van der Waals surface area (Å²) >= 11 is 0. The zero-order valence-electron chi connectivity index (χ0n) is 20.4. The Morgan fingerprint density at radius 1 is 1.16 bits per heavy atom. The van der Waals surface area contributed by atoms with Gasteiger partial charge in [-0.3, -0.25) is 14.4 Å². The Labute approximate surface area is 192 Å². The molecule has 3 unspecified atom stereocenters. The van der Waals surface area contributed by atoms with Crippen molar-refractivity contribution in [2.75, 3.05) is 7.11 Å². The van der Waals surface area contributed by atoms with Gasteiger partial charge >= 0.3 is 11.9 Å². The van der Waals surface area contributed by atoms with Gasteiger partial charge in [-0.25, -0.2) is 0 Å². The van der Waals surface area contributed by atoms with Gasteiger partial charge in [0.15, 0.2) is 5.78 Å². The molecule has 8 atom stereocenters. The number of fused-ring (bicyclic) bond motifs is 5. The third-order valence-electron chi connectivity index (χ3n) is 10.0. The Morgan fingerprint density at radius 2 is 1.91 bits per heavy atom. The van der Waals surface area contributed by atoms with E-state index in [1.165, 1.54) is 19.6 Å². The number of hydrogen-bond acceptors (Lipinski definition) is 5. The molecular formula is C27H40O5. The molecule has 178 valence electrons. The van der Waals surface area contributed by atoms with E-state index in [0.29, 0.717) is 41.8 Å². The van der Waals surface area contributed by atoms with Gasteiger partial charge in [0.05, 0.1) is 7.11 Å². The Hall–Kier alpha value is -1.65. The molecule has 0 radical (unpaired) electrons. The number of rotatable bonds is 5. The fourth-order valence-corrected chi connectivity index (χ4v) is 8.21. The summed E-state index contributed by atoms with van der Waals surface area (Å²) in [7, 11) is 1.44. The van der Waals surface area contributed by atoms with Crippen LogP contribution in [0.4, 0.5) is 0 Å². The minimum absolute atomic E-state index is 0.0267. The number of methoxy groups -OCH3 is 1. The highest BCUT2D eigenvalue weighted by atomic mass is 16.5. The largest absolute Gasteiger partial charge is 0.469 e. The quantitative estimate of drug-likeness (QED) is 0.541. The van der Waals surface area contributed by atoms with Crippen LogP contribution in [0.3, 0.4) is 0 Å². The van der Waals surface area contributed by atoms with Crippen molar-refractivity contribution in [1.82, 2.24) is 0 Å². The lowest BCUT2D eigenvalue weighted by atomic mass is 9.48. The van der Waals surface area contributed by atoms with Crippen molar-refractivity contribution in [3.8, 4) is 0 Å². The Kier molecular flexibility index (Phi) is 6.32. The van der Waals surface area contributed by atoms with Crippen molar-refractivity contribution >= 4 is 17.7 Å². The van der Waals surface area contributed by atoms with Gasteiger partial charge in [0, 0.05) is 18.8 Å². The second-order valence-electron chi connectivity index (χ2n) is 11.4. The number of ketones is 1. The molecule has 0 N–H and O–H groups in total. The number of allylic oxidation sites excluding steroid dienone is 2. The van der Waals surface area contributed by atoms with Crippen molar-refractivity contribution < 1.29 is 23.9 Å². The van der Waals surface area contributed by atoms with E-state index in [0.717, 1.165) is 51.4 Å². The molecule has 0 saturated heterocycles. The van der Waals surface area contributed by atoms with Gasteiger partial charge in [0.1, 0.15) is 6.10 Å². The van der Waals surface area contributed by atoms with E-state index in [-0.39, 0.29) is 28.9 Å². The first kappa shape index (κ1) is 23.5. The predicted molar refractivity (Wildman–Crippen MR) is 122 cm³/mol. The third kappa shape index (κ3) is 3.74. The van der Waals surface area contributed by atoms with Gasteiger partial charge in [-0.05, 0) is 92.4 Å². The van der Waals surface area contributed by atoms with Crippen molar-refractivity contribution in [3.63, 3.8) is 0 Å². The monoisotopic (exact) mass is 444 g/mol. The summed E-state index contributed by atoms with van der Waals surface area (Å²) < 4.78 is 10.4. The topological polar surface area (TPSA) is 69.7 Å². The fourth-order valence-electron chi connectivity index (χ4n) is 8.21. The smallest absolute Gasteiger partial charge is 0.305 e. The van der Waals surface area contributed by atoms with Crippen LogP contribution in [0.1, 0.15) is 85.5 Å². The summed E-state index contributed by atoms with van der Waals surface area (Å²) in [6, 6.07) is 0. The minimum Gasteiger partial charge on any atom is -0.469 e. The predicted octanol–water partition coefficient (Wildman–Crippen LogP) is 5.27. The van der Waals surface area contributed by atoms with Crippen LogP contribution in [0.2, 0.25) is 0 Å². The van der Waals surface area contributed by atoms with Crippen molar-refractivity contribution in [2.24, 2.45) is 40.4 Å². The molecule has 0 spiro atoms. The Morgan fingerprint density at radius 3 is 2.59 bits per heavy atom. The van der Waals surface area contributed by atoms with Crippen LogP contribution in [0.15, 0.2) is 11.6 Å². The molecule has 0 heterocycles. The minimum atomic E-state index is -0.318. The lowest BCUT2D eigenvalue weighted by molar-refractivity contribution is -0.151. The average Bonchev–Trinajstić information content (AvgIpc) is 3.11. The molecule has 0 aliphatic heterocycles. The van der Waals surface area contributed by atoms with Crippen LogP contribution >= 0.6 is 0 Å². The van der Waals surface area contributed by atoms with E-state index < -0.39 is 0 Å². The molecule has 5 nitrogen and oxygen atoms in total. The average molecular weight is 445 g/mol. The number of carbonyl (C=O) groups excluding carboxylic acids is 3. The van der Waals surface area contributed by atoms with Gasteiger partial charge in [0.2, 0.25) is 0 Å². The number of hydrogen-bond donors (Lipinski definition) is 0. The molecular weight excluding hydrogens is 404 g/mol. The molecule has 0 bridgehead atoms. The molecule has 3 fully saturated rings. The SMILES string of the molecule is COC(=O)CC[C@@H](C)C1CCC2C3CC[C@@H]4C[C@H](OC(C)=O)CC[C@]4(C)C3=CC(=O)[C@@]21C. The van der Waals surface area contributed by atoms with Gasteiger partial charge in [-0.15, -0.1) is 0 Å². The maximum Gasteiger partial charge on any atom is 0.305 e. The molecule has 32 heavy (non-hydrogen) atoms. The van der Waals surface area contributed by atoms with E-state index in [1.54, 1.807) is 0 Å². The normalized spacial score (nSPS) is 41.6. The second-order valence-corrected chi connectivity index (χ2v) is 11.4. The van der Waals surface area contributed by atoms with Crippen molar-refractivity contribution in [2.45, 2.75) is 91.6 Å². The summed E-state index contributed by atoms with van der Waals surface area (Å²) in [5.41, 5.74) is 1.12. The summed E-state index contributed by atoms with van der Waals surface area (Å²) in [5, 5.41) is 0. The van der Waals surface area contributed by atoms with Gasteiger partial charge < -0.3 is 9.47 Å². The highest BCUT2D eigenvalue weighted by Gasteiger charge is 2.61. The maximum absolute atomic E-state index is 13.8. The number of ether oxygens (including phenoxy) is 2. The van der Waals surface area contributed by atoms with E-state index in [4.69, 9.17) is 9.47 Å². The van der Waals surface area contributed by atoms with Crippen LogP contribution in [0, 0.1) is 40.4 Å². The standard InChI is InChI=1S/C27H40O5/c1-16(6-11-25(30)31-5)21-9-10-22-20-8-7-18-14-19(32-17(2)28)12-13-26(18,3)23(20)15-24(29)27(21,22)4/h15-16,18-22H,6-14H2,1-5H3/t16-,18-,19-,20?,21?,22?,26+,27-/m1/s1. The molecule has 4 rings (SSSR count). The van der Waals surface area contributed by atoms with Crippen LogP contribution in [-0.2, 0) is 23.9 Å². The molecule has 3 saturated carbocycles. The van der Waals surface area contributed by atoms with Crippen LogP contribution < -0.4 is 0 Å². The van der Waals surface area contributed by atoms with Crippen molar-refractivity contribution in [3.05, 3.63) is 11.6 Å². The zero-order chi connectivity index (χ0) is 23.3. The second kappa shape index (κ2) is 8.61. The number of carbonyl (C=O) groups is 3. The molecule has 0 amide bonds. The fraction of sp³-hybridized carbons (Fsp3) is 0.815.